The van der Waals surface area contributed by atoms with Crippen LogP contribution in [0.1, 0.15) is 27.4 Å². The molecule has 5 nitrogen and oxygen atoms in total. The van der Waals surface area contributed by atoms with Gasteiger partial charge < -0.3 is 9.52 Å². The summed E-state index contributed by atoms with van der Waals surface area (Å²) < 4.78 is 34.3. The molecule has 0 amide bonds. The lowest BCUT2D eigenvalue weighted by atomic mass is 10.0. The van der Waals surface area contributed by atoms with Gasteiger partial charge in [-0.15, -0.1) is 0 Å². The zero-order valence-corrected chi connectivity index (χ0v) is 13.2. The number of furan rings is 1. The predicted molar refractivity (Wildman–Crippen MR) is 82.4 cm³/mol. The Balaban J connectivity index is 2.39. The van der Waals surface area contributed by atoms with Gasteiger partial charge in [0, 0.05) is 17.2 Å². The molecule has 0 fully saturated rings. The Kier molecular flexibility index (Phi) is 3.71. The summed E-state index contributed by atoms with van der Waals surface area (Å²) in [4.78, 5) is 11.5. The Labute approximate surface area is 136 Å². The van der Waals surface area contributed by atoms with Gasteiger partial charge in [0.1, 0.15) is 17.2 Å². The van der Waals surface area contributed by atoms with Crippen LogP contribution in [0.3, 0.4) is 0 Å². The van der Waals surface area contributed by atoms with Crippen LogP contribution < -0.4 is 0 Å². The highest BCUT2D eigenvalue weighted by Gasteiger charge is 2.26. The normalized spacial score (nSPS) is 11.0. The minimum absolute atomic E-state index is 0.0272. The van der Waals surface area contributed by atoms with Crippen LogP contribution in [-0.4, -0.2) is 21.2 Å². The third-order valence-corrected chi connectivity index (χ3v) is 3.89. The third kappa shape index (κ3) is 2.29. The highest BCUT2D eigenvalue weighted by molar-refractivity contribution is 5.89. The van der Waals surface area contributed by atoms with E-state index in [1.54, 1.807) is 13.8 Å². The van der Waals surface area contributed by atoms with Crippen LogP contribution in [0.25, 0.3) is 16.9 Å². The monoisotopic (exact) mass is 332 g/mol. The van der Waals surface area contributed by atoms with Crippen molar-refractivity contribution in [3.05, 3.63) is 52.6 Å². The van der Waals surface area contributed by atoms with Crippen molar-refractivity contribution < 1.29 is 23.1 Å². The highest BCUT2D eigenvalue weighted by Crippen LogP contribution is 2.36. The first-order valence-electron chi connectivity index (χ1n) is 7.14. The van der Waals surface area contributed by atoms with Gasteiger partial charge in [-0.1, -0.05) is 0 Å². The molecule has 1 aromatic carbocycles. The minimum Gasteiger partial charge on any atom is -0.508 e. The molecule has 7 heteroatoms. The first kappa shape index (κ1) is 15.9. The smallest absolute Gasteiger partial charge is 0.281 e. The van der Waals surface area contributed by atoms with Gasteiger partial charge in [-0.25, -0.2) is 9.07 Å². The zero-order chi connectivity index (χ0) is 17.6. The Morgan fingerprint density at radius 1 is 1.25 bits per heavy atom. The highest BCUT2D eigenvalue weighted by atomic mass is 19.1. The second-order valence-corrected chi connectivity index (χ2v) is 5.45. The van der Waals surface area contributed by atoms with E-state index < -0.39 is 11.8 Å². The number of aldehydes is 1. The van der Waals surface area contributed by atoms with E-state index in [2.05, 4.69) is 5.10 Å². The van der Waals surface area contributed by atoms with Crippen LogP contribution in [0, 0.1) is 32.6 Å². The fraction of sp³-hybridized carbons (Fsp3) is 0.176. The topological polar surface area (TPSA) is 68.3 Å². The van der Waals surface area contributed by atoms with Gasteiger partial charge in [0.05, 0.1) is 17.0 Å². The molecule has 3 rings (SSSR count). The molecule has 3 aromatic rings. The number of aromatic nitrogens is 2. The van der Waals surface area contributed by atoms with E-state index in [9.17, 15) is 18.7 Å². The lowest BCUT2D eigenvalue weighted by Crippen LogP contribution is -2.03. The molecular weight excluding hydrogens is 318 g/mol. The van der Waals surface area contributed by atoms with E-state index in [4.69, 9.17) is 4.42 Å². The number of hydrogen-bond acceptors (Lipinski definition) is 4. The Hall–Kier alpha value is -2.96. The number of halogens is 2. The predicted octanol–water partition coefficient (Wildman–Crippen LogP) is 3.85. The maximum absolute atomic E-state index is 14.3. The number of hydrogen-bond donors (Lipinski definition) is 1. The largest absolute Gasteiger partial charge is 0.508 e. The van der Waals surface area contributed by atoms with E-state index in [0.29, 0.717) is 17.5 Å². The van der Waals surface area contributed by atoms with Crippen molar-refractivity contribution in [2.24, 2.45) is 0 Å². The average molecular weight is 332 g/mol. The van der Waals surface area contributed by atoms with Gasteiger partial charge >= 0.3 is 0 Å². The molecule has 0 aliphatic heterocycles. The molecule has 0 aliphatic rings. The molecule has 0 bridgehead atoms. The van der Waals surface area contributed by atoms with Gasteiger partial charge in [-0.05, 0) is 32.9 Å². The molecule has 2 aromatic heterocycles. The lowest BCUT2D eigenvalue weighted by Gasteiger charge is -2.10. The summed E-state index contributed by atoms with van der Waals surface area (Å²) in [6.45, 7) is 4.67. The number of benzene rings is 1. The molecule has 0 radical (unpaired) electrons. The molecule has 0 saturated heterocycles. The minimum atomic E-state index is -0.768. The molecule has 0 spiro atoms. The number of carbonyl (C=O) groups excluding carboxylic acids is 1. The third-order valence-electron chi connectivity index (χ3n) is 3.89. The summed E-state index contributed by atoms with van der Waals surface area (Å²) in [5.74, 6) is -0.706. The number of phenols is 1. The van der Waals surface area contributed by atoms with E-state index in [1.165, 1.54) is 23.7 Å². The van der Waals surface area contributed by atoms with Crippen LogP contribution in [0.2, 0.25) is 0 Å². The van der Waals surface area contributed by atoms with E-state index in [1.807, 2.05) is 0 Å². The number of aryl methyl sites for hydroxylation is 2. The van der Waals surface area contributed by atoms with Crippen molar-refractivity contribution in [1.82, 2.24) is 9.78 Å². The first-order valence-corrected chi connectivity index (χ1v) is 7.14. The molecule has 0 aliphatic carbocycles. The van der Waals surface area contributed by atoms with Crippen molar-refractivity contribution in [2.75, 3.05) is 0 Å². The fourth-order valence-corrected chi connectivity index (χ4v) is 2.73. The van der Waals surface area contributed by atoms with Crippen molar-refractivity contribution >= 4 is 6.29 Å². The van der Waals surface area contributed by atoms with E-state index >= 15 is 0 Å². The summed E-state index contributed by atoms with van der Waals surface area (Å²) in [5, 5.41) is 13.6. The van der Waals surface area contributed by atoms with E-state index in [-0.39, 0.29) is 34.0 Å². The van der Waals surface area contributed by atoms with Crippen molar-refractivity contribution in [1.29, 1.82) is 0 Å². The van der Waals surface area contributed by atoms with Crippen LogP contribution >= 0.6 is 0 Å². The number of aromatic hydroxyl groups is 1. The Bertz CT molecular complexity index is 957. The van der Waals surface area contributed by atoms with Crippen molar-refractivity contribution in [3.63, 3.8) is 0 Å². The molecular formula is C17H14F2N2O3. The van der Waals surface area contributed by atoms with Crippen molar-refractivity contribution in [2.45, 2.75) is 20.8 Å². The van der Waals surface area contributed by atoms with Gasteiger partial charge in [-0.2, -0.15) is 9.49 Å². The number of carbonyl (C=O) groups is 1. The number of nitrogens with zero attached hydrogens (tertiary/aromatic N) is 2. The van der Waals surface area contributed by atoms with Gasteiger partial charge in [0.15, 0.2) is 12.1 Å². The number of phenolic OH excluding ortho intramolecular Hbond substituents is 1. The summed E-state index contributed by atoms with van der Waals surface area (Å²) >= 11 is 0. The second kappa shape index (κ2) is 5.59. The van der Waals surface area contributed by atoms with Crippen LogP contribution in [0.5, 0.6) is 5.75 Å². The quantitative estimate of drug-likeness (QED) is 0.740. The maximum atomic E-state index is 14.3. The van der Waals surface area contributed by atoms with Crippen molar-refractivity contribution in [3.8, 4) is 22.7 Å². The number of rotatable bonds is 3. The molecule has 0 atom stereocenters. The van der Waals surface area contributed by atoms with Crippen LogP contribution in [0.4, 0.5) is 8.78 Å². The standard InChI is InChI=1S/C17H14F2N2O3/c1-8-15(10(3)24-17(8)19)16-12(7-22)9(2)20-21(16)14-5-4-11(23)6-13(14)18/h4-7,23H,1-3H3. The molecule has 1 N–H and O–H groups in total. The second-order valence-electron chi connectivity index (χ2n) is 5.45. The van der Waals surface area contributed by atoms with E-state index in [0.717, 1.165) is 6.07 Å². The Morgan fingerprint density at radius 3 is 2.50 bits per heavy atom. The van der Waals surface area contributed by atoms with Gasteiger partial charge in [-0.3, -0.25) is 4.79 Å². The SMILES string of the molecule is Cc1nn(-c2ccc(O)cc2F)c(-c2c(C)oc(F)c2C)c1C=O. The molecule has 124 valence electrons. The lowest BCUT2D eigenvalue weighted by molar-refractivity contribution is 0.112. The first-order chi connectivity index (χ1) is 11.3. The van der Waals surface area contributed by atoms with Crippen LogP contribution in [-0.2, 0) is 0 Å². The maximum Gasteiger partial charge on any atom is 0.281 e. The molecule has 0 saturated carbocycles. The Morgan fingerprint density at radius 2 is 1.96 bits per heavy atom. The van der Waals surface area contributed by atoms with Gasteiger partial charge in [0.25, 0.3) is 6.01 Å². The summed E-state index contributed by atoms with van der Waals surface area (Å²) in [6.07, 6.45) is 0.594. The average Bonchev–Trinajstić information content (AvgIpc) is 2.95. The molecule has 0 unspecified atom stereocenters. The van der Waals surface area contributed by atoms with Crippen LogP contribution in [0.15, 0.2) is 22.6 Å². The summed E-state index contributed by atoms with van der Waals surface area (Å²) in [7, 11) is 0. The van der Waals surface area contributed by atoms with Gasteiger partial charge in [0.2, 0.25) is 0 Å². The fourth-order valence-electron chi connectivity index (χ4n) is 2.73. The molecule has 2 heterocycles. The summed E-state index contributed by atoms with van der Waals surface area (Å²) in [5.41, 5.74) is 1.41. The molecule has 24 heavy (non-hydrogen) atoms. The zero-order valence-electron chi connectivity index (χ0n) is 13.2. The summed E-state index contributed by atoms with van der Waals surface area (Å²) in [6, 6.07) is 2.80.